The van der Waals surface area contributed by atoms with Crippen molar-refractivity contribution in [2.45, 2.75) is 6.61 Å². The van der Waals surface area contributed by atoms with Crippen LogP contribution in [0.25, 0.3) is 0 Å². The molecule has 2 aromatic carbocycles. The summed E-state index contributed by atoms with van der Waals surface area (Å²) in [6.45, 7) is 0.524. The number of para-hydroxylation sites is 1. The van der Waals surface area contributed by atoms with Gasteiger partial charge in [-0.15, -0.1) is 0 Å². The second-order valence-electron chi connectivity index (χ2n) is 5.18. The minimum Gasteiger partial charge on any atom is -0.489 e. The fraction of sp³-hybridized carbons (Fsp3) is 0.235. The Bertz CT molecular complexity index is 740. The van der Waals surface area contributed by atoms with Crippen LogP contribution in [-0.4, -0.2) is 32.9 Å². The molecule has 0 saturated heterocycles. The molecule has 5 nitrogen and oxygen atoms in total. The molecule has 0 atom stereocenters. The maximum atomic E-state index is 11.9. The van der Waals surface area contributed by atoms with E-state index in [0.717, 1.165) is 17.6 Å². The highest BCUT2D eigenvalue weighted by molar-refractivity contribution is 7.90. The van der Waals surface area contributed by atoms with Crippen LogP contribution in [0.5, 0.6) is 5.75 Å². The SMILES string of the molecule is CS(=O)(=O)CCNC(=O)c1ccc(COc2ccccc2)cc1. The lowest BCUT2D eigenvalue weighted by atomic mass is 10.1. The van der Waals surface area contributed by atoms with Gasteiger partial charge in [0.2, 0.25) is 0 Å². The van der Waals surface area contributed by atoms with Crippen molar-refractivity contribution in [1.82, 2.24) is 5.32 Å². The van der Waals surface area contributed by atoms with Gasteiger partial charge >= 0.3 is 0 Å². The first-order valence-electron chi connectivity index (χ1n) is 7.17. The molecule has 0 aliphatic carbocycles. The average Bonchev–Trinajstić information content (AvgIpc) is 2.53. The number of nitrogens with one attached hydrogen (secondary N) is 1. The molecule has 0 radical (unpaired) electrons. The zero-order valence-corrected chi connectivity index (χ0v) is 13.7. The summed E-state index contributed by atoms with van der Waals surface area (Å²) in [5, 5.41) is 2.58. The van der Waals surface area contributed by atoms with Gasteiger partial charge in [-0.3, -0.25) is 4.79 Å². The molecule has 122 valence electrons. The van der Waals surface area contributed by atoms with Crippen molar-refractivity contribution in [3.63, 3.8) is 0 Å². The molecule has 2 rings (SSSR count). The minimum absolute atomic E-state index is 0.0677. The molecule has 0 bridgehead atoms. The molecule has 0 saturated carbocycles. The van der Waals surface area contributed by atoms with Crippen LogP contribution in [0.3, 0.4) is 0 Å². The maximum absolute atomic E-state index is 11.9. The third-order valence-electron chi connectivity index (χ3n) is 3.12. The Hall–Kier alpha value is -2.34. The van der Waals surface area contributed by atoms with Gasteiger partial charge in [0.25, 0.3) is 5.91 Å². The van der Waals surface area contributed by atoms with Crippen molar-refractivity contribution >= 4 is 15.7 Å². The molecule has 1 amide bonds. The zero-order valence-electron chi connectivity index (χ0n) is 12.9. The lowest BCUT2D eigenvalue weighted by Crippen LogP contribution is -2.28. The molecular weight excluding hydrogens is 314 g/mol. The Balaban J connectivity index is 1.85. The van der Waals surface area contributed by atoms with Gasteiger partial charge in [-0.25, -0.2) is 8.42 Å². The van der Waals surface area contributed by atoms with Crippen molar-refractivity contribution in [2.24, 2.45) is 0 Å². The molecule has 2 aromatic rings. The summed E-state index contributed by atoms with van der Waals surface area (Å²) in [5.41, 5.74) is 1.43. The number of ether oxygens (including phenoxy) is 1. The van der Waals surface area contributed by atoms with E-state index < -0.39 is 9.84 Å². The standard InChI is InChI=1S/C17H19NO4S/c1-23(20,21)12-11-18-17(19)15-9-7-14(8-10-15)13-22-16-5-3-2-4-6-16/h2-10H,11-13H2,1H3,(H,18,19). The van der Waals surface area contributed by atoms with E-state index in [1.54, 1.807) is 12.1 Å². The molecule has 1 N–H and O–H groups in total. The van der Waals surface area contributed by atoms with Gasteiger partial charge in [-0.05, 0) is 29.8 Å². The van der Waals surface area contributed by atoms with Gasteiger partial charge in [0.15, 0.2) is 0 Å². The summed E-state index contributed by atoms with van der Waals surface area (Å²) in [7, 11) is -3.07. The van der Waals surface area contributed by atoms with E-state index in [1.807, 2.05) is 42.5 Å². The zero-order chi connectivity index (χ0) is 16.7. The third-order valence-corrected chi connectivity index (χ3v) is 4.07. The Kier molecular flexibility index (Phi) is 5.76. The summed E-state index contributed by atoms with van der Waals surface area (Å²) in [6, 6.07) is 16.5. The first-order chi connectivity index (χ1) is 10.9. The Morgan fingerprint density at radius 1 is 1.04 bits per heavy atom. The molecule has 6 heteroatoms. The molecule has 23 heavy (non-hydrogen) atoms. The minimum atomic E-state index is -3.07. The number of amides is 1. The number of carbonyl (C=O) groups is 1. The monoisotopic (exact) mass is 333 g/mol. The highest BCUT2D eigenvalue weighted by atomic mass is 32.2. The molecule has 0 unspecified atom stereocenters. The number of rotatable bonds is 7. The maximum Gasteiger partial charge on any atom is 0.251 e. The van der Waals surface area contributed by atoms with Gasteiger partial charge in [-0.2, -0.15) is 0 Å². The number of sulfone groups is 1. The Morgan fingerprint density at radius 2 is 1.70 bits per heavy atom. The normalized spacial score (nSPS) is 11.0. The van der Waals surface area contributed by atoms with Gasteiger partial charge in [0.05, 0.1) is 5.75 Å². The topological polar surface area (TPSA) is 72.5 Å². The first kappa shape index (κ1) is 17.0. The summed E-state index contributed by atoms with van der Waals surface area (Å²) >= 11 is 0. The molecule has 0 fully saturated rings. The van der Waals surface area contributed by atoms with Gasteiger partial charge < -0.3 is 10.1 Å². The Labute approximate surface area is 136 Å². The van der Waals surface area contributed by atoms with Crippen molar-refractivity contribution in [1.29, 1.82) is 0 Å². The second kappa shape index (κ2) is 7.78. The number of hydrogen-bond acceptors (Lipinski definition) is 4. The number of carbonyl (C=O) groups excluding carboxylic acids is 1. The molecule has 0 heterocycles. The lowest BCUT2D eigenvalue weighted by molar-refractivity contribution is 0.0956. The first-order valence-corrected chi connectivity index (χ1v) is 9.23. The summed E-state index contributed by atoms with van der Waals surface area (Å²) in [4.78, 5) is 11.9. The fourth-order valence-corrected chi connectivity index (χ4v) is 2.36. The summed E-state index contributed by atoms with van der Waals surface area (Å²) < 4.78 is 27.7. The van der Waals surface area contributed by atoms with Crippen molar-refractivity contribution in [2.75, 3.05) is 18.6 Å². The predicted molar refractivity (Wildman–Crippen MR) is 89.3 cm³/mol. The Morgan fingerprint density at radius 3 is 2.30 bits per heavy atom. The van der Waals surface area contributed by atoms with Crippen LogP contribution in [0, 0.1) is 0 Å². The second-order valence-corrected chi connectivity index (χ2v) is 7.44. The van der Waals surface area contributed by atoms with E-state index in [9.17, 15) is 13.2 Å². The lowest BCUT2D eigenvalue weighted by Gasteiger charge is -2.07. The van der Waals surface area contributed by atoms with Crippen LogP contribution >= 0.6 is 0 Å². The van der Waals surface area contributed by atoms with Crippen LogP contribution in [0.2, 0.25) is 0 Å². The van der Waals surface area contributed by atoms with E-state index in [1.165, 1.54) is 0 Å². The summed E-state index contributed by atoms with van der Waals surface area (Å²) in [5.74, 6) is 0.432. The van der Waals surface area contributed by atoms with E-state index in [4.69, 9.17) is 4.74 Å². The van der Waals surface area contributed by atoms with Crippen molar-refractivity contribution < 1.29 is 17.9 Å². The van der Waals surface area contributed by atoms with Crippen LogP contribution in [0.4, 0.5) is 0 Å². The molecular formula is C17H19NO4S. The van der Waals surface area contributed by atoms with Crippen molar-refractivity contribution in [3.05, 3.63) is 65.7 Å². The number of hydrogen-bond donors (Lipinski definition) is 1. The van der Waals surface area contributed by atoms with Crippen LogP contribution in [0.1, 0.15) is 15.9 Å². The molecule has 0 aliphatic heterocycles. The summed E-state index contributed by atoms with van der Waals surface area (Å²) in [6.07, 6.45) is 1.14. The predicted octanol–water partition coefficient (Wildman–Crippen LogP) is 2.04. The van der Waals surface area contributed by atoms with Crippen molar-refractivity contribution in [3.8, 4) is 5.75 Å². The highest BCUT2D eigenvalue weighted by Crippen LogP contribution is 2.12. The third kappa shape index (κ3) is 6.12. The van der Waals surface area contributed by atoms with E-state index in [-0.39, 0.29) is 18.2 Å². The van der Waals surface area contributed by atoms with Gasteiger partial charge in [0, 0.05) is 18.4 Å². The quantitative estimate of drug-likeness (QED) is 0.841. The van der Waals surface area contributed by atoms with Crippen LogP contribution < -0.4 is 10.1 Å². The van der Waals surface area contributed by atoms with Crippen LogP contribution in [0.15, 0.2) is 54.6 Å². The smallest absolute Gasteiger partial charge is 0.251 e. The van der Waals surface area contributed by atoms with E-state index >= 15 is 0 Å². The molecule has 0 spiro atoms. The largest absolute Gasteiger partial charge is 0.489 e. The van der Waals surface area contributed by atoms with Gasteiger partial charge in [-0.1, -0.05) is 30.3 Å². The highest BCUT2D eigenvalue weighted by Gasteiger charge is 2.07. The van der Waals surface area contributed by atoms with E-state index in [0.29, 0.717) is 12.2 Å². The fourth-order valence-electron chi connectivity index (χ4n) is 1.89. The molecule has 0 aromatic heterocycles. The van der Waals surface area contributed by atoms with E-state index in [2.05, 4.69) is 5.32 Å². The molecule has 0 aliphatic rings. The van der Waals surface area contributed by atoms with Gasteiger partial charge in [0.1, 0.15) is 22.2 Å². The number of benzene rings is 2. The van der Waals surface area contributed by atoms with Crippen LogP contribution in [-0.2, 0) is 16.4 Å². The average molecular weight is 333 g/mol.